The van der Waals surface area contributed by atoms with Gasteiger partial charge in [-0.25, -0.2) is 0 Å². The number of rotatable bonds is 0. The molecule has 0 fully saturated rings. The Balaban J connectivity index is 0. The summed E-state index contributed by atoms with van der Waals surface area (Å²) in [7, 11) is 0. The molecule has 0 amide bonds. The maximum atomic E-state index is 0. The molecule has 0 rings (SSSR count). The molecule has 27 valence electrons. The van der Waals surface area contributed by atoms with Gasteiger partial charge in [0.25, 0.3) is 0 Å². The van der Waals surface area contributed by atoms with Gasteiger partial charge in [-0.1, -0.05) is 0 Å². The Morgan fingerprint density at radius 2 is 1.25 bits per heavy atom. The summed E-state index contributed by atoms with van der Waals surface area (Å²) in [6.45, 7) is 0. The van der Waals surface area contributed by atoms with Gasteiger partial charge in [-0.2, -0.15) is 0 Å². The third-order valence-electron chi connectivity index (χ3n) is 0. The second-order valence-electron chi connectivity index (χ2n) is 0. The molecule has 0 saturated heterocycles. The van der Waals surface area contributed by atoms with Gasteiger partial charge in [0.15, 0.2) is 0 Å². The van der Waals surface area contributed by atoms with E-state index in [1.165, 1.54) is 0 Å². The van der Waals surface area contributed by atoms with Crippen LogP contribution in [0.25, 0.3) is 0 Å². The zero-order valence-electron chi connectivity index (χ0n) is 3.81. The van der Waals surface area contributed by atoms with Gasteiger partial charge in [-0.05, 0) is 0 Å². The van der Waals surface area contributed by atoms with E-state index in [0.29, 0.717) is 0 Å². The van der Waals surface area contributed by atoms with Crippen LogP contribution in [0.4, 0.5) is 0 Å². The van der Waals surface area contributed by atoms with Crippen LogP contribution in [-0.4, -0.2) is 23.1 Å². The normalized spacial score (nSPS) is 0. The molecule has 0 bridgehead atoms. The minimum atomic E-state index is 0. The molecule has 0 nitrogen and oxygen atoms in total. The van der Waals surface area contributed by atoms with Crippen LogP contribution >= 0.6 is 0 Å². The summed E-state index contributed by atoms with van der Waals surface area (Å²) < 4.78 is 0. The molecule has 0 aromatic heterocycles. The van der Waals surface area contributed by atoms with Crippen molar-refractivity contribution in [1.29, 1.82) is 0 Å². The Morgan fingerprint density at radius 3 is 1.25 bits per heavy atom. The van der Waals surface area contributed by atoms with E-state index >= 15 is 0 Å². The van der Waals surface area contributed by atoms with Crippen LogP contribution in [0.1, 0.15) is 2.85 Å². The summed E-state index contributed by atoms with van der Waals surface area (Å²) in [5.41, 5.74) is 0. The van der Waals surface area contributed by atoms with E-state index in [2.05, 4.69) is 0 Å². The quantitative estimate of drug-likeness (QED) is 0.467. The zero-order valence-corrected chi connectivity index (χ0v) is 6.67. The molecule has 4 heteroatoms. The van der Waals surface area contributed by atoms with Crippen molar-refractivity contribution in [3.63, 3.8) is 0 Å². The molecule has 0 unspecified atom stereocenters. The van der Waals surface area contributed by atoms with Crippen LogP contribution in [-0.2, 0) is 50.9 Å². The van der Waals surface area contributed by atoms with Gasteiger partial charge in [0.1, 0.15) is 0 Å². The Morgan fingerprint density at radius 1 is 1.25 bits per heavy atom. The first-order valence-corrected chi connectivity index (χ1v) is 0. The van der Waals surface area contributed by atoms with E-state index in [4.69, 9.17) is 0 Å². The van der Waals surface area contributed by atoms with Crippen molar-refractivity contribution in [2.75, 3.05) is 0 Å². The molecule has 0 N–H and O–H groups in total. The first-order valence-electron chi connectivity index (χ1n) is 0. The van der Waals surface area contributed by atoms with Crippen LogP contribution in [0.3, 0.4) is 0 Å². The minimum absolute atomic E-state index is 0. The van der Waals surface area contributed by atoms with E-state index in [1.807, 2.05) is 0 Å². The minimum Gasteiger partial charge on any atom is -1.00 e. The van der Waals surface area contributed by atoms with Gasteiger partial charge >= 0.3 is 23.1 Å². The van der Waals surface area contributed by atoms with Crippen LogP contribution in [0, 0.1) is 0 Å². The van der Waals surface area contributed by atoms with Crippen molar-refractivity contribution >= 4 is 23.1 Å². The Kier molecular flexibility index (Phi) is 154. The Labute approximate surface area is 76.1 Å². The van der Waals surface area contributed by atoms with Crippen molar-refractivity contribution < 1.29 is 53.8 Å². The first-order chi connectivity index (χ1) is 0. The van der Waals surface area contributed by atoms with Crippen LogP contribution < -0.4 is 0 Å². The molecular formula is H2CrMgMnNi. The topological polar surface area (TPSA) is 0 Å². The summed E-state index contributed by atoms with van der Waals surface area (Å²) in [6.07, 6.45) is 0. The first kappa shape index (κ1) is 33.3. The average molecular weight is 192 g/mol. The largest absolute Gasteiger partial charge is 2.00 e. The molecule has 0 aromatic rings. The molecule has 0 heterocycles. The second-order valence-corrected chi connectivity index (χ2v) is 0. The van der Waals surface area contributed by atoms with Crippen molar-refractivity contribution in [2.24, 2.45) is 0 Å². The maximum Gasteiger partial charge on any atom is 2.00 e. The van der Waals surface area contributed by atoms with Crippen molar-refractivity contribution in [2.45, 2.75) is 0 Å². The van der Waals surface area contributed by atoms with E-state index in [0.717, 1.165) is 0 Å². The van der Waals surface area contributed by atoms with Crippen molar-refractivity contribution in [1.82, 2.24) is 0 Å². The van der Waals surface area contributed by atoms with Crippen molar-refractivity contribution in [3.8, 4) is 0 Å². The summed E-state index contributed by atoms with van der Waals surface area (Å²) in [4.78, 5) is 0. The molecule has 4 heavy (non-hydrogen) atoms. The summed E-state index contributed by atoms with van der Waals surface area (Å²) in [6, 6.07) is 0. The van der Waals surface area contributed by atoms with Crippen LogP contribution in [0.2, 0.25) is 0 Å². The summed E-state index contributed by atoms with van der Waals surface area (Å²) >= 11 is 0. The van der Waals surface area contributed by atoms with E-state index < -0.39 is 0 Å². The number of hydrogen-bond donors (Lipinski definition) is 0. The van der Waals surface area contributed by atoms with Gasteiger partial charge in [0, 0.05) is 50.9 Å². The molecule has 1 radical (unpaired) electrons. The molecule has 0 aliphatic carbocycles. The summed E-state index contributed by atoms with van der Waals surface area (Å²) in [5, 5.41) is 0. The molecule has 0 aromatic carbocycles. The maximum absolute atomic E-state index is 0. The van der Waals surface area contributed by atoms with Gasteiger partial charge in [0.05, 0.1) is 0 Å². The van der Waals surface area contributed by atoms with E-state index in [-0.39, 0.29) is 76.8 Å². The Hall–Kier alpha value is 2.31. The fraction of sp³-hybridized carbons (Fsp3) is 0. The second kappa shape index (κ2) is 18.5. The third-order valence-corrected chi connectivity index (χ3v) is 0. The smallest absolute Gasteiger partial charge is 1.00 e. The zero-order chi connectivity index (χ0) is 0. The van der Waals surface area contributed by atoms with Crippen molar-refractivity contribution in [3.05, 3.63) is 0 Å². The molecular weight excluding hydrogens is 190 g/mol. The molecule has 0 atom stereocenters. The molecule has 0 spiro atoms. The number of hydrogen-bond acceptors (Lipinski definition) is 0. The van der Waals surface area contributed by atoms with E-state index in [1.54, 1.807) is 0 Å². The van der Waals surface area contributed by atoms with Gasteiger partial charge < -0.3 is 2.85 Å². The SMILES string of the molecule is [Cr].[H-].[H-].[Mg+2].[Mn].[Ni]. The Bertz CT molecular complexity index is 13.5. The third kappa shape index (κ3) is 8.85. The average Bonchev–Trinajstić information content (AvgIpc) is 0. The van der Waals surface area contributed by atoms with Crippen LogP contribution in [0.5, 0.6) is 0 Å². The summed E-state index contributed by atoms with van der Waals surface area (Å²) in [5.74, 6) is 0. The molecule has 0 saturated carbocycles. The standard InChI is InChI=1S/Cr.Mg.Mn.Ni.2H/q;+2;;;2*-1. The fourth-order valence-electron chi connectivity index (χ4n) is 0. The van der Waals surface area contributed by atoms with E-state index in [9.17, 15) is 0 Å². The predicted octanol–water partition coefficient (Wildman–Crippen LogP) is -0.163. The molecule has 0 aliphatic rings. The van der Waals surface area contributed by atoms with Crippen LogP contribution in [0.15, 0.2) is 0 Å². The predicted molar refractivity (Wildman–Crippen MR) is 7.98 cm³/mol. The van der Waals surface area contributed by atoms with Gasteiger partial charge in [-0.3, -0.25) is 0 Å². The van der Waals surface area contributed by atoms with Gasteiger partial charge in [-0.15, -0.1) is 0 Å². The monoisotopic (exact) mass is 191 g/mol. The molecule has 0 aliphatic heterocycles. The van der Waals surface area contributed by atoms with Gasteiger partial charge in [0.2, 0.25) is 0 Å². The fourth-order valence-corrected chi connectivity index (χ4v) is 0.